The highest BCUT2D eigenvalue weighted by molar-refractivity contribution is 7.92. The highest BCUT2D eigenvalue weighted by atomic mass is 35.5. The van der Waals surface area contributed by atoms with Crippen LogP contribution in [0, 0.1) is 0 Å². The molecule has 2 aromatic rings. The number of para-hydroxylation sites is 1. The summed E-state index contributed by atoms with van der Waals surface area (Å²) in [4.78, 5) is 28.1. The minimum absolute atomic E-state index is 0.0197. The van der Waals surface area contributed by atoms with Crippen LogP contribution in [0.3, 0.4) is 0 Å². The van der Waals surface area contributed by atoms with Gasteiger partial charge in [-0.1, -0.05) is 61.3 Å². The van der Waals surface area contributed by atoms with Crippen molar-refractivity contribution in [2.75, 3.05) is 17.1 Å². The SMILES string of the molecule is CCc1ccccc1N(CC(=O)N(Cc1ccc(Cl)cc1Cl)C(CC)C(=O)NC(C)C)S(C)(=O)=O. The van der Waals surface area contributed by atoms with E-state index in [0.29, 0.717) is 34.1 Å². The number of anilines is 1. The number of halogens is 2. The third kappa shape index (κ3) is 7.85. The zero-order chi connectivity index (χ0) is 26.3. The number of hydrogen-bond acceptors (Lipinski definition) is 4. The second-order valence-corrected chi connectivity index (χ2v) is 11.3. The maximum atomic E-state index is 13.7. The molecule has 0 aliphatic carbocycles. The molecule has 192 valence electrons. The first-order chi connectivity index (χ1) is 16.4. The van der Waals surface area contributed by atoms with Crippen LogP contribution in [-0.4, -0.2) is 50.0 Å². The third-order valence-electron chi connectivity index (χ3n) is 5.49. The highest BCUT2D eigenvalue weighted by Crippen LogP contribution is 2.26. The van der Waals surface area contributed by atoms with Gasteiger partial charge < -0.3 is 10.2 Å². The van der Waals surface area contributed by atoms with E-state index in [0.717, 1.165) is 16.1 Å². The summed E-state index contributed by atoms with van der Waals surface area (Å²) >= 11 is 12.4. The van der Waals surface area contributed by atoms with Crippen LogP contribution in [0.4, 0.5) is 5.69 Å². The van der Waals surface area contributed by atoms with Gasteiger partial charge in [0.25, 0.3) is 0 Å². The predicted molar refractivity (Wildman–Crippen MR) is 142 cm³/mol. The molecule has 0 bridgehead atoms. The molecule has 0 aliphatic heterocycles. The summed E-state index contributed by atoms with van der Waals surface area (Å²) in [5.41, 5.74) is 1.83. The summed E-state index contributed by atoms with van der Waals surface area (Å²) in [6.07, 6.45) is 1.99. The molecule has 1 atom stereocenters. The fourth-order valence-corrected chi connectivity index (χ4v) is 5.13. The molecule has 0 saturated heterocycles. The second-order valence-electron chi connectivity index (χ2n) is 8.60. The Hall–Kier alpha value is -2.29. The number of sulfonamides is 1. The Morgan fingerprint density at radius 1 is 1.03 bits per heavy atom. The molecule has 0 saturated carbocycles. The van der Waals surface area contributed by atoms with Crippen LogP contribution in [0.1, 0.15) is 45.2 Å². The zero-order valence-electron chi connectivity index (χ0n) is 20.7. The Balaban J connectivity index is 2.51. The van der Waals surface area contributed by atoms with Crippen LogP contribution in [0.2, 0.25) is 10.0 Å². The molecule has 1 N–H and O–H groups in total. The zero-order valence-corrected chi connectivity index (χ0v) is 23.0. The number of hydrogen-bond donors (Lipinski definition) is 1. The molecule has 1 unspecified atom stereocenters. The maximum Gasteiger partial charge on any atom is 0.244 e. The van der Waals surface area contributed by atoms with Gasteiger partial charge in [0, 0.05) is 22.6 Å². The molecule has 2 amide bonds. The van der Waals surface area contributed by atoms with Crippen molar-refractivity contribution in [1.82, 2.24) is 10.2 Å². The van der Waals surface area contributed by atoms with Crippen LogP contribution in [0.25, 0.3) is 0 Å². The van der Waals surface area contributed by atoms with Gasteiger partial charge in [0.15, 0.2) is 0 Å². The smallest absolute Gasteiger partial charge is 0.244 e. The summed E-state index contributed by atoms with van der Waals surface area (Å²) in [6.45, 7) is 6.95. The van der Waals surface area contributed by atoms with Gasteiger partial charge in [0.1, 0.15) is 12.6 Å². The van der Waals surface area contributed by atoms with E-state index in [1.165, 1.54) is 4.90 Å². The van der Waals surface area contributed by atoms with Crippen LogP contribution >= 0.6 is 23.2 Å². The average Bonchev–Trinajstić information content (AvgIpc) is 2.77. The fraction of sp³-hybridized carbons (Fsp3) is 0.440. The van der Waals surface area contributed by atoms with Gasteiger partial charge in [-0.25, -0.2) is 8.42 Å². The third-order valence-corrected chi connectivity index (χ3v) is 7.21. The Morgan fingerprint density at radius 3 is 2.23 bits per heavy atom. The number of nitrogens with zero attached hydrogens (tertiary/aromatic N) is 2. The lowest BCUT2D eigenvalue weighted by atomic mass is 10.1. The van der Waals surface area contributed by atoms with E-state index in [9.17, 15) is 18.0 Å². The van der Waals surface area contributed by atoms with Crippen LogP contribution in [0.5, 0.6) is 0 Å². The molecular weight excluding hydrogens is 509 g/mol. The first-order valence-electron chi connectivity index (χ1n) is 11.5. The number of rotatable bonds is 11. The van der Waals surface area contributed by atoms with Crippen molar-refractivity contribution in [2.24, 2.45) is 0 Å². The van der Waals surface area contributed by atoms with Crippen molar-refractivity contribution in [2.45, 2.75) is 59.2 Å². The second kappa shape index (κ2) is 12.6. The molecule has 2 rings (SSSR count). The van der Waals surface area contributed by atoms with E-state index < -0.39 is 28.5 Å². The van der Waals surface area contributed by atoms with E-state index in [4.69, 9.17) is 23.2 Å². The van der Waals surface area contributed by atoms with Crippen molar-refractivity contribution in [1.29, 1.82) is 0 Å². The molecule has 0 aliphatic rings. The molecule has 0 fully saturated rings. The topological polar surface area (TPSA) is 86.8 Å². The van der Waals surface area contributed by atoms with Crippen molar-refractivity contribution >= 4 is 50.7 Å². The summed E-state index contributed by atoms with van der Waals surface area (Å²) in [7, 11) is -3.80. The van der Waals surface area contributed by atoms with Gasteiger partial charge in [-0.15, -0.1) is 0 Å². The number of nitrogens with one attached hydrogen (secondary N) is 1. The summed E-state index contributed by atoms with van der Waals surface area (Å²) < 4.78 is 26.6. The number of benzene rings is 2. The average molecular weight is 543 g/mol. The van der Waals surface area contributed by atoms with E-state index in [1.54, 1.807) is 37.3 Å². The van der Waals surface area contributed by atoms with Gasteiger partial charge in [0.05, 0.1) is 11.9 Å². The molecule has 0 spiro atoms. The van der Waals surface area contributed by atoms with Crippen LogP contribution in [0.15, 0.2) is 42.5 Å². The first-order valence-corrected chi connectivity index (χ1v) is 14.1. The van der Waals surface area contributed by atoms with E-state index in [-0.39, 0.29) is 18.5 Å². The summed E-state index contributed by atoms with van der Waals surface area (Å²) in [5, 5.41) is 3.65. The quantitative estimate of drug-likeness (QED) is 0.448. The van der Waals surface area contributed by atoms with Gasteiger partial charge >= 0.3 is 0 Å². The van der Waals surface area contributed by atoms with Crippen molar-refractivity contribution in [3.63, 3.8) is 0 Å². The number of carbonyl (C=O) groups excluding carboxylic acids is 2. The molecule has 0 aromatic heterocycles. The Labute approximate surface area is 218 Å². The van der Waals surface area contributed by atoms with E-state index in [1.807, 2.05) is 32.9 Å². The molecule has 0 radical (unpaired) electrons. The normalized spacial score (nSPS) is 12.3. The van der Waals surface area contributed by atoms with Crippen LogP contribution in [-0.2, 0) is 32.6 Å². The van der Waals surface area contributed by atoms with Gasteiger partial charge in [0.2, 0.25) is 21.8 Å². The lowest BCUT2D eigenvalue weighted by Gasteiger charge is -2.33. The Kier molecular flexibility index (Phi) is 10.4. The van der Waals surface area contributed by atoms with Crippen molar-refractivity contribution < 1.29 is 18.0 Å². The minimum Gasteiger partial charge on any atom is -0.352 e. The molecular formula is C25H33Cl2N3O4S. The molecule has 2 aromatic carbocycles. The lowest BCUT2D eigenvalue weighted by molar-refractivity contribution is -0.140. The molecule has 35 heavy (non-hydrogen) atoms. The molecule has 0 heterocycles. The fourth-order valence-electron chi connectivity index (χ4n) is 3.78. The molecule has 7 nitrogen and oxygen atoms in total. The largest absolute Gasteiger partial charge is 0.352 e. The van der Waals surface area contributed by atoms with Crippen LogP contribution < -0.4 is 9.62 Å². The van der Waals surface area contributed by atoms with Gasteiger partial charge in [-0.05, 0) is 56.0 Å². The Morgan fingerprint density at radius 2 is 1.69 bits per heavy atom. The molecule has 10 heteroatoms. The monoisotopic (exact) mass is 541 g/mol. The highest BCUT2D eigenvalue weighted by Gasteiger charge is 2.32. The number of carbonyl (C=O) groups is 2. The first kappa shape index (κ1) is 28.9. The van der Waals surface area contributed by atoms with Crippen molar-refractivity contribution in [3.8, 4) is 0 Å². The van der Waals surface area contributed by atoms with Gasteiger partial charge in [-0.3, -0.25) is 13.9 Å². The Bertz CT molecular complexity index is 1160. The van der Waals surface area contributed by atoms with Crippen molar-refractivity contribution in [3.05, 3.63) is 63.6 Å². The number of aryl methyl sites for hydroxylation is 1. The standard InChI is InChI=1S/C25H33Cl2N3O4S/c1-6-18-10-8-9-11-23(18)30(35(5,33)34)16-24(31)29(22(7-2)25(32)28-17(3)4)15-19-12-13-20(26)14-21(19)27/h8-14,17,22H,6-7,15-16H2,1-5H3,(H,28,32). The maximum absolute atomic E-state index is 13.7. The number of amides is 2. The predicted octanol–water partition coefficient (Wildman–Crippen LogP) is 4.65. The summed E-state index contributed by atoms with van der Waals surface area (Å²) in [5.74, 6) is -0.834. The summed E-state index contributed by atoms with van der Waals surface area (Å²) in [6, 6.07) is 11.0. The van der Waals surface area contributed by atoms with E-state index >= 15 is 0 Å². The van der Waals surface area contributed by atoms with Gasteiger partial charge in [-0.2, -0.15) is 0 Å². The minimum atomic E-state index is -3.80. The van der Waals surface area contributed by atoms with E-state index in [2.05, 4.69) is 5.32 Å². The lowest BCUT2D eigenvalue weighted by Crippen LogP contribution is -2.53.